The molecule has 2 amide bonds. The van der Waals surface area contributed by atoms with Gasteiger partial charge in [-0.25, -0.2) is 10.2 Å². The number of hydrogen-bond donors (Lipinski definition) is 3. The van der Waals surface area contributed by atoms with Crippen LogP contribution in [0, 0.1) is 5.92 Å². The fourth-order valence-electron chi connectivity index (χ4n) is 5.19. The molecule has 3 atom stereocenters. The number of carbonyl (C=O) groups excluding carboxylic acids is 1. The molecule has 0 aromatic carbocycles. The summed E-state index contributed by atoms with van der Waals surface area (Å²) in [6.07, 6.45) is 9.11. The fourth-order valence-corrected chi connectivity index (χ4v) is 6.90. The molecule has 160 valence electrons. The normalized spacial score (nSPS) is 29.4. The van der Waals surface area contributed by atoms with Crippen molar-refractivity contribution in [3.8, 4) is 0 Å². The van der Waals surface area contributed by atoms with Crippen molar-refractivity contribution in [2.75, 3.05) is 18.8 Å². The van der Waals surface area contributed by atoms with Crippen LogP contribution in [-0.4, -0.2) is 68.0 Å². The van der Waals surface area contributed by atoms with E-state index in [1.165, 1.54) is 19.3 Å². The number of nitrogens with one attached hydrogen (secondary N) is 1. The average Bonchev–Trinajstić information content (AvgIpc) is 3.19. The Morgan fingerprint density at radius 2 is 2.04 bits per heavy atom. The van der Waals surface area contributed by atoms with E-state index in [0.29, 0.717) is 25.4 Å². The molecule has 7 nitrogen and oxygen atoms in total. The van der Waals surface area contributed by atoms with Crippen LogP contribution in [0.25, 0.3) is 0 Å². The summed E-state index contributed by atoms with van der Waals surface area (Å²) in [5.41, 5.74) is 3.28. The molecule has 8 heteroatoms. The molecule has 2 aliphatic carbocycles. The molecule has 1 aliphatic heterocycles. The first-order chi connectivity index (χ1) is 13.5. The number of aliphatic hydroxyl groups excluding tert-OH is 1. The van der Waals surface area contributed by atoms with Gasteiger partial charge in [-0.05, 0) is 57.1 Å². The van der Waals surface area contributed by atoms with Gasteiger partial charge in [0, 0.05) is 19.5 Å². The number of carboxylic acid groups (broad SMARTS) is 1. The number of carboxylic acids is 1. The minimum atomic E-state index is -0.768. The molecule has 2 saturated carbocycles. The number of fused-ring (bicyclic) bond motifs is 1. The van der Waals surface area contributed by atoms with Crippen molar-refractivity contribution in [2.45, 2.75) is 88.1 Å². The first kappa shape index (κ1) is 21.7. The highest BCUT2D eigenvalue weighted by Crippen LogP contribution is 2.51. The number of hydrogen-bond acceptors (Lipinski definition) is 5. The molecule has 0 aromatic heterocycles. The number of thioether (sulfide) groups is 1. The van der Waals surface area contributed by atoms with E-state index in [4.69, 9.17) is 5.11 Å². The van der Waals surface area contributed by atoms with E-state index in [1.54, 1.807) is 16.8 Å². The molecule has 3 aliphatic rings. The SMILES string of the molecule is CCN1C(=O)N(NC[C@@H](O)C2CCCCC2)[C@H]2CCC[C@]21SCCCC(=O)O. The van der Waals surface area contributed by atoms with Crippen LogP contribution in [0.4, 0.5) is 4.79 Å². The molecule has 3 fully saturated rings. The van der Waals surface area contributed by atoms with E-state index in [0.717, 1.165) is 37.9 Å². The number of amides is 2. The number of likely N-dealkylation sites (N-methyl/N-ethyl adjacent to an activating group) is 1. The predicted molar refractivity (Wildman–Crippen MR) is 110 cm³/mol. The van der Waals surface area contributed by atoms with Gasteiger partial charge < -0.3 is 15.1 Å². The van der Waals surface area contributed by atoms with E-state index in [2.05, 4.69) is 5.43 Å². The van der Waals surface area contributed by atoms with Crippen molar-refractivity contribution in [3.63, 3.8) is 0 Å². The van der Waals surface area contributed by atoms with Crippen LogP contribution in [-0.2, 0) is 4.79 Å². The van der Waals surface area contributed by atoms with Gasteiger partial charge >= 0.3 is 12.0 Å². The van der Waals surface area contributed by atoms with Gasteiger partial charge in [0.2, 0.25) is 0 Å². The van der Waals surface area contributed by atoms with E-state index in [1.807, 2.05) is 11.8 Å². The van der Waals surface area contributed by atoms with Crippen LogP contribution in [0.3, 0.4) is 0 Å². The van der Waals surface area contributed by atoms with Crippen molar-refractivity contribution in [1.29, 1.82) is 0 Å². The van der Waals surface area contributed by atoms with Crippen LogP contribution in [0.1, 0.15) is 71.1 Å². The molecule has 0 radical (unpaired) electrons. The molecule has 0 aromatic rings. The van der Waals surface area contributed by atoms with Gasteiger partial charge in [0.05, 0.1) is 12.1 Å². The van der Waals surface area contributed by atoms with Crippen LogP contribution in [0.2, 0.25) is 0 Å². The van der Waals surface area contributed by atoms with E-state index in [9.17, 15) is 14.7 Å². The number of urea groups is 1. The number of aliphatic hydroxyl groups is 1. The Bertz CT molecular complexity index is 558. The fraction of sp³-hybridized carbons (Fsp3) is 0.900. The highest BCUT2D eigenvalue weighted by molar-refractivity contribution is 8.00. The Labute approximate surface area is 172 Å². The second-order valence-corrected chi connectivity index (χ2v) is 9.73. The maximum absolute atomic E-state index is 13.1. The molecule has 3 N–H and O–H groups in total. The zero-order valence-corrected chi connectivity index (χ0v) is 17.8. The Balaban J connectivity index is 1.62. The lowest BCUT2D eigenvalue weighted by molar-refractivity contribution is -0.137. The van der Waals surface area contributed by atoms with E-state index >= 15 is 0 Å². The lowest BCUT2D eigenvalue weighted by Crippen LogP contribution is -2.50. The molecule has 3 rings (SSSR count). The third kappa shape index (κ3) is 4.44. The molecule has 0 bridgehead atoms. The smallest absolute Gasteiger partial charge is 0.335 e. The highest BCUT2D eigenvalue weighted by Gasteiger charge is 2.59. The number of rotatable bonds is 10. The molecule has 28 heavy (non-hydrogen) atoms. The summed E-state index contributed by atoms with van der Waals surface area (Å²) < 4.78 is 0. The number of carbonyl (C=O) groups is 2. The summed E-state index contributed by atoms with van der Waals surface area (Å²) in [5, 5.41) is 21.3. The Morgan fingerprint density at radius 3 is 2.71 bits per heavy atom. The summed E-state index contributed by atoms with van der Waals surface area (Å²) in [6, 6.07) is 0.0714. The number of aliphatic carboxylic acids is 1. The maximum Gasteiger partial charge on any atom is 0.335 e. The highest BCUT2D eigenvalue weighted by atomic mass is 32.2. The van der Waals surface area contributed by atoms with Gasteiger partial charge in [-0.1, -0.05) is 19.3 Å². The number of nitrogens with zero attached hydrogens (tertiary/aromatic N) is 2. The second kappa shape index (κ2) is 9.67. The van der Waals surface area contributed by atoms with Gasteiger partial charge in [-0.15, -0.1) is 11.8 Å². The zero-order valence-electron chi connectivity index (χ0n) is 16.9. The third-order valence-corrected chi connectivity index (χ3v) is 8.30. The van der Waals surface area contributed by atoms with Crippen molar-refractivity contribution in [3.05, 3.63) is 0 Å². The predicted octanol–water partition coefficient (Wildman–Crippen LogP) is 3.04. The molecule has 0 spiro atoms. The monoisotopic (exact) mass is 413 g/mol. The molecule has 0 unspecified atom stereocenters. The summed E-state index contributed by atoms with van der Waals surface area (Å²) >= 11 is 1.74. The van der Waals surface area contributed by atoms with Gasteiger partial charge in [0.25, 0.3) is 0 Å². The van der Waals surface area contributed by atoms with Crippen LogP contribution in [0.5, 0.6) is 0 Å². The summed E-state index contributed by atoms with van der Waals surface area (Å²) in [6.45, 7) is 3.07. The lowest BCUT2D eigenvalue weighted by Gasteiger charge is -2.36. The second-order valence-electron chi connectivity index (χ2n) is 8.32. The Morgan fingerprint density at radius 1 is 1.29 bits per heavy atom. The first-order valence-electron chi connectivity index (χ1n) is 10.9. The van der Waals surface area contributed by atoms with Gasteiger partial charge in [0.15, 0.2) is 0 Å². The minimum Gasteiger partial charge on any atom is -0.481 e. The average molecular weight is 414 g/mol. The standard InChI is InChI=1S/C20H35N3O4S/c1-2-22-19(27)23(21-14-16(24)15-8-4-3-5-9-15)17-10-6-12-20(17,22)28-13-7-11-18(25)26/h15-17,21,24H,2-14H2,1H3,(H,25,26)/t16-,17+,20+/m1/s1. The Hall–Kier alpha value is -0.990. The van der Waals surface area contributed by atoms with E-state index in [-0.39, 0.29) is 23.4 Å². The zero-order chi connectivity index (χ0) is 20.1. The van der Waals surface area contributed by atoms with Gasteiger partial charge in [0.1, 0.15) is 4.87 Å². The van der Waals surface area contributed by atoms with Gasteiger partial charge in [-0.2, -0.15) is 0 Å². The van der Waals surface area contributed by atoms with Gasteiger partial charge in [-0.3, -0.25) is 9.80 Å². The first-order valence-corrected chi connectivity index (χ1v) is 11.9. The van der Waals surface area contributed by atoms with Crippen molar-refractivity contribution in [2.24, 2.45) is 5.92 Å². The van der Waals surface area contributed by atoms with Crippen LogP contribution >= 0.6 is 11.8 Å². The topological polar surface area (TPSA) is 93.1 Å². The number of hydrazine groups is 1. The summed E-state index contributed by atoms with van der Waals surface area (Å²) in [7, 11) is 0. The Kier molecular flexibility index (Phi) is 7.50. The summed E-state index contributed by atoms with van der Waals surface area (Å²) in [5.74, 6) is 0.307. The molecular formula is C20H35N3O4S. The quantitative estimate of drug-likeness (QED) is 0.477. The molecular weight excluding hydrogens is 378 g/mol. The maximum atomic E-state index is 13.1. The third-order valence-electron chi connectivity index (χ3n) is 6.61. The van der Waals surface area contributed by atoms with Crippen molar-refractivity contribution >= 4 is 23.8 Å². The van der Waals surface area contributed by atoms with Crippen molar-refractivity contribution < 1.29 is 19.8 Å². The van der Waals surface area contributed by atoms with Crippen LogP contribution < -0.4 is 5.43 Å². The van der Waals surface area contributed by atoms with E-state index < -0.39 is 12.1 Å². The van der Waals surface area contributed by atoms with Crippen molar-refractivity contribution in [1.82, 2.24) is 15.3 Å². The largest absolute Gasteiger partial charge is 0.481 e. The molecule has 1 heterocycles. The lowest BCUT2D eigenvalue weighted by atomic mass is 9.85. The molecule has 1 saturated heterocycles. The minimum absolute atomic E-state index is 0.00576. The summed E-state index contributed by atoms with van der Waals surface area (Å²) in [4.78, 5) is 25.6. The van der Waals surface area contributed by atoms with Crippen LogP contribution in [0.15, 0.2) is 0 Å².